The molecule has 0 bridgehead atoms. The summed E-state index contributed by atoms with van der Waals surface area (Å²) < 4.78 is 26.9. The topological polar surface area (TPSA) is 72.2 Å². The molecule has 0 radical (unpaired) electrons. The highest BCUT2D eigenvalue weighted by molar-refractivity contribution is 7.89. The second-order valence-corrected chi connectivity index (χ2v) is 6.03. The van der Waals surface area contributed by atoms with Crippen molar-refractivity contribution < 1.29 is 8.42 Å². The first-order valence-electron chi connectivity index (χ1n) is 6.28. The van der Waals surface area contributed by atoms with Crippen LogP contribution in [0.3, 0.4) is 0 Å². The Morgan fingerprint density at radius 2 is 2.00 bits per heavy atom. The van der Waals surface area contributed by atoms with Crippen LogP contribution in [0.1, 0.15) is 25.3 Å². The van der Waals surface area contributed by atoms with Crippen LogP contribution in [-0.4, -0.2) is 21.0 Å². The van der Waals surface area contributed by atoms with Crippen molar-refractivity contribution in [1.82, 2.24) is 4.72 Å². The molecule has 0 saturated heterocycles. The Morgan fingerprint density at radius 3 is 2.47 bits per heavy atom. The van der Waals surface area contributed by atoms with Gasteiger partial charge in [-0.2, -0.15) is 0 Å². The zero-order valence-electron chi connectivity index (χ0n) is 11.1. The third-order valence-corrected chi connectivity index (χ3v) is 4.38. The number of sulfonamides is 1. The molecular formula is C14H20N2O2S. The Kier molecular flexibility index (Phi) is 6.03. The van der Waals surface area contributed by atoms with Gasteiger partial charge in [0.05, 0.1) is 4.90 Å². The van der Waals surface area contributed by atoms with E-state index in [1.54, 1.807) is 24.3 Å². The average Bonchev–Trinajstić information content (AvgIpc) is 2.39. The van der Waals surface area contributed by atoms with Gasteiger partial charge in [0.25, 0.3) is 0 Å². The molecular weight excluding hydrogens is 260 g/mol. The summed E-state index contributed by atoms with van der Waals surface area (Å²) >= 11 is 0. The molecule has 0 aliphatic carbocycles. The minimum atomic E-state index is -3.50. The van der Waals surface area contributed by atoms with E-state index in [2.05, 4.69) is 10.6 Å². The lowest BCUT2D eigenvalue weighted by molar-refractivity contribution is 0.544. The summed E-state index contributed by atoms with van der Waals surface area (Å²) in [6.45, 7) is 2.44. The van der Waals surface area contributed by atoms with E-state index in [4.69, 9.17) is 12.2 Å². The van der Waals surface area contributed by atoms with Crippen molar-refractivity contribution in [2.75, 3.05) is 6.54 Å². The predicted octanol–water partition coefficient (Wildman–Crippen LogP) is 1.27. The molecule has 0 heterocycles. The molecule has 1 unspecified atom stereocenters. The largest absolute Gasteiger partial charge is 0.330 e. The molecule has 0 saturated carbocycles. The zero-order valence-corrected chi connectivity index (χ0v) is 11.9. The van der Waals surface area contributed by atoms with Crippen LogP contribution in [0.15, 0.2) is 29.2 Å². The molecule has 0 aromatic heterocycles. The SMILES string of the molecule is C#CCC(CC)NS(=O)(=O)c1ccc(CCN)cc1. The van der Waals surface area contributed by atoms with Gasteiger partial charge in [-0.25, -0.2) is 13.1 Å². The second kappa shape index (κ2) is 7.29. The molecule has 5 heteroatoms. The zero-order chi connectivity index (χ0) is 14.3. The third-order valence-electron chi connectivity index (χ3n) is 2.85. The molecule has 0 fully saturated rings. The van der Waals surface area contributed by atoms with Gasteiger partial charge in [-0.3, -0.25) is 0 Å². The summed E-state index contributed by atoms with van der Waals surface area (Å²) in [5.41, 5.74) is 6.48. The summed E-state index contributed by atoms with van der Waals surface area (Å²) in [4.78, 5) is 0.253. The predicted molar refractivity (Wildman–Crippen MR) is 77.1 cm³/mol. The van der Waals surface area contributed by atoms with E-state index in [-0.39, 0.29) is 10.9 Å². The van der Waals surface area contributed by atoms with Gasteiger partial charge < -0.3 is 5.73 Å². The van der Waals surface area contributed by atoms with E-state index < -0.39 is 10.0 Å². The maximum atomic E-state index is 12.1. The van der Waals surface area contributed by atoms with E-state index in [0.29, 0.717) is 19.4 Å². The summed E-state index contributed by atoms with van der Waals surface area (Å²) in [5.74, 6) is 2.48. The Hall–Kier alpha value is -1.35. The van der Waals surface area contributed by atoms with Gasteiger partial charge in [0.2, 0.25) is 10.0 Å². The van der Waals surface area contributed by atoms with Crippen molar-refractivity contribution >= 4 is 10.0 Å². The monoisotopic (exact) mass is 280 g/mol. The maximum Gasteiger partial charge on any atom is 0.240 e. The number of benzene rings is 1. The molecule has 104 valence electrons. The van der Waals surface area contributed by atoms with Crippen molar-refractivity contribution in [1.29, 1.82) is 0 Å². The first kappa shape index (κ1) is 15.7. The minimum Gasteiger partial charge on any atom is -0.330 e. The van der Waals surface area contributed by atoms with Crippen LogP contribution < -0.4 is 10.5 Å². The lowest BCUT2D eigenvalue weighted by atomic mass is 10.2. The molecule has 0 spiro atoms. The standard InChI is InChI=1S/C14H20N2O2S/c1-3-5-13(4-2)16-19(17,18)14-8-6-12(7-9-14)10-11-15/h1,6-9,13,16H,4-5,10-11,15H2,2H3. The molecule has 4 nitrogen and oxygen atoms in total. The van der Waals surface area contributed by atoms with E-state index >= 15 is 0 Å². The van der Waals surface area contributed by atoms with Gasteiger partial charge in [-0.1, -0.05) is 19.1 Å². The molecule has 1 aromatic carbocycles. The quantitative estimate of drug-likeness (QED) is 0.739. The van der Waals surface area contributed by atoms with Gasteiger partial charge in [0.1, 0.15) is 0 Å². The van der Waals surface area contributed by atoms with Crippen LogP contribution in [0.25, 0.3) is 0 Å². The lowest BCUT2D eigenvalue weighted by Crippen LogP contribution is -2.34. The van der Waals surface area contributed by atoms with Gasteiger partial charge in [-0.15, -0.1) is 12.3 Å². The van der Waals surface area contributed by atoms with Crippen molar-refractivity contribution in [3.63, 3.8) is 0 Å². The lowest BCUT2D eigenvalue weighted by Gasteiger charge is -2.14. The highest BCUT2D eigenvalue weighted by atomic mass is 32.2. The first-order valence-corrected chi connectivity index (χ1v) is 7.76. The van der Waals surface area contributed by atoms with E-state index in [0.717, 1.165) is 12.0 Å². The van der Waals surface area contributed by atoms with Gasteiger partial charge in [-0.05, 0) is 37.1 Å². The van der Waals surface area contributed by atoms with E-state index in [1.165, 1.54) is 0 Å². The number of hydrogen-bond donors (Lipinski definition) is 2. The molecule has 0 aliphatic rings. The average molecular weight is 280 g/mol. The molecule has 0 amide bonds. The molecule has 1 atom stereocenters. The van der Waals surface area contributed by atoms with Crippen molar-refractivity contribution in [3.05, 3.63) is 29.8 Å². The number of hydrogen-bond acceptors (Lipinski definition) is 3. The van der Waals surface area contributed by atoms with Gasteiger partial charge in [0, 0.05) is 12.5 Å². The summed E-state index contributed by atoms with van der Waals surface area (Å²) in [5, 5.41) is 0. The number of nitrogens with two attached hydrogens (primary N) is 1. The first-order chi connectivity index (χ1) is 9.03. The van der Waals surface area contributed by atoms with Crippen LogP contribution in [0.2, 0.25) is 0 Å². The fourth-order valence-corrected chi connectivity index (χ4v) is 3.02. The smallest absolute Gasteiger partial charge is 0.240 e. The number of terminal acetylenes is 1. The Bertz CT molecular complexity index is 530. The second-order valence-electron chi connectivity index (χ2n) is 4.32. The maximum absolute atomic E-state index is 12.1. The minimum absolute atomic E-state index is 0.223. The fraction of sp³-hybridized carbons (Fsp3) is 0.429. The molecule has 1 aromatic rings. The number of rotatable bonds is 7. The van der Waals surface area contributed by atoms with Gasteiger partial charge >= 0.3 is 0 Å². The molecule has 19 heavy (non-hydrogen) atoms. The summed E-state index contributed by atoms with van der Waals surface area (Å²) in [7, 11) is -3.50. The van der Waals surface area contributed by atoms with Crippen LogP contribution in [0.5, 0.6) is 0 Å². The Balaban J connectivity index is 2.85. The molecule has 3 N–H and O–H groups in total. The normalized spacial score (nSPS) is 12.9. The molecule has 0 aliphatic heterocycles. The highest BCUT2D eigenvalue weighted by Crippen LogP contribution is 2.12. The highest BCUT2D eigenvalue weighted by Gasteiger charge is 2.18. The van der Waals surface area contributed by atoms with Crippen LogP contribution >= 0.6 is 0 Å². The summed E-state index contributed by atoms with van der Waals surface area (Å²) in [6.07, 6.45) is 7.01. The molecule has 1 rings (SSSR count). The van der Waals surface area contributed by atoms with Crippen LogP contribution in [-0.2, 0) is 16.4 Å². The van der Waals surface area contributed by atoms with Gasteiger partial charge in [0.15, 0.2) is 0 Å². The van der Waals surface area contributed by atoms with Crippen molar-refractivity contribution in [2.45, 2.75) is 37.1 Å². The van der Waals surface area contributed by atoms with E-state index in [1.807, 2.05) is 6.92 Å². The Labute approximate surface area is 115 Å². The number of nitrogens with one attached hydrogen (secondary N) is 1. The third kappa shape index (κ3) is 4.67. The van der Waals surface area contributed by atoms with Crippen LogP contribution in [0.4, 0.5) is 0 Å². The van der Waals surface area contributed by atoms with Crippen molar-refractivity contribution in [2.24, 2.45) is 5.73 Å². The Morgan fingerprint density at radius 1 is 1.37 bits per heavy atom. The van der Waals surface area contributed by atoms with Crippen molar-refractivity contribution in [3.8, 4) is 12.3 Å². The summed E-state index contributed by atoms with van der Waals surface area (Å²) in [6, 6.07) is 6.53. The van der Waals surface area contributed by atoms with E-state index in [9.17, 15) is 8.42 Å². The van der Waals surface area contributed by atoms with Crippen LogP contribution in [0, 0.1) is 12.3 Å². The fourth-order valence-electron chi connectivity index (χ4n) is 1.70.